The summed E-state index contributed by atoms with van der Waals surface area (Å²) in [5.41, 5.74) is 14.4. The predicted octanol–water partition coefficient (Wildman–Crippen LogP) is 12.4. The van der Waals surface area contributed by atoms with Crippen molar-refractivity contribution in [3.8, 4) is 11.4 Å². The lowest BCUT2D eigenvalue weighted by Gasteiger charge is -2.24. The molecule has 1 atom stereocenters. The molecule has 7 rings (SSSR count). The van der Waals surface area contributed by atoms with Crippen LogP contribution >= 0.6 is 11.3 Å². The van der Waals surface area contributed by atoms with Crippen LogP contribution in [0.1, 0.15) is 75.3 Å². The number of rotatable bonds is 9. The Morgan fingerprint density at radius 2 is 1.62 bits per heavy atom. The van der Waals surface area contributed by atoms with E-state index in [0.717, 1.165) is 31.5 Å². The topological polar surface area (TPSA) is 8.81 Å². The summed E-state index contributed by atoms with van der Waals surface area (Å²) in [6.45, 7) is 24.1. The van der Waals surface area contributed by atoms with Gasteiger partial charge in [0.05, 0.1) is 10.3 Å². The van der Waals surface area contributed by atoms with Crippen LogP contribution in [0.2, 0.25) is 0 Å². The molecule has 48 heavy (non-hydrogen) atoms. The average molecular weight is 650 g/mol. The van der Waals surface area contributed by atoms with E-state index in [2.05, 4.69) is 149 Å². The molecule has 1 aliphatic carbocycles. The second-order valence-corrected chi connectivity index (χ2v) is 15.9. The summed E-state index contributed by atoms with van der Waals surface area (Å²) in [5, 5.41) is 2.78. The summed E-state index contributed by atoms with van der Waals surface area (Å²) in [6.07, 6.45) is 7.96. The molecule has 3 heteroatoms. The Morgan fingerprint density at radius 3 is 2.35 bits per heavy atom. The molecule has 2 nitrogen and oxygen atoms in total. The van der Waals surface area contributed by atoms with Crippen molar-refractivity contribution >= 4 is 53.8 Å². The highest BCUT2D eigenvalue weighted by Crippen LogP contribution is 2.47. The molecule has 1 unspecified atom stereocenters. The van der Waals surface area contributed by atoms with Crippen LogP contribution < -0.4 is 4.57 Å². The van der Waals surface area contributed by atoms with Crippen LogP contribution in [-0.4, -0.2) is 4.57 Å². The Balaban J connectivity index is 1.58. The standard InChI is InChI=1S/C45H49N2S/c1-10-16-35-22-31(6)41-37-23-29(4)30(5)24-40(37)48-43(41)42(35)44-46(38-19-14-15-20-39(38)47(44)33(8)21-28(2)3)27-45(9)26-36(25-32(45)7)34-17-12-11-13-18-34/h11-15,17-20,22-26,28H,8,10,16,21,27H2,1-7,9H3/q+1. The second-order valence-electron chi connectivity index (χ2n) is 14.8. The molecule has 6 aromatic rings. The summed E-state index contributed by atoms with van der Waals surface area (Å²) in [4.78, 5) is 0. The lowest BCUT2D eigenvalue weighted by molar-refractivity contribution is -0.543. The average Bonchev–Trinajstić information content (AvgIpc) is 3.67. The lowest BCUT2D eigenvalue weighted by Crippen LogP contribution is -2.36. The maximum Gasteiger partial charge on any atom is 0.296 e. The minimum atomic E-state index is -0.151. The normalized spacial score (nSPS) is 16.4. The molecule has 0 bridgehead atoms. The largest absolute Gasteiger partial charge is 0.296 e. The first kappa shape index (κ1) is 32.3. The second kappa shape index (κ2) is 12.3. The molecule has 244 valence electrons. The summed E-state index contributed by atoms with van der Waals surface area (Å²) in [6, 6.07) is 27.2. The van der Waals surface area contributed by atoms with Crippen molar-refractivity contribution in [2.45, 2.75) is 81.2 Å². The van der Waals surface area contributed by atoms with E-state index in [4.69, 9.17) is 6.58 Å². The van der Waals surface area contributed by atoms with Crippen molar-refractivity contribution in [2.75, 3.05) is 0 Å². The number of para-hydroxylation sites is 2. The number of benzene rings is 4. The van der Waals surface area contributed by atoms with Gasteiger partial charge in [-0.1, -0.05) is 100 Å². The Kier molecular flexibility index (Phi) is 8.32. The van der Waals surface area contributed by atoms with E-state index in [1.807, 2.05) is 11.3 Å². The lowest BCUT2D eigenvalue weighted by atomic mass is 9.85. The molecule has 0 N–H and O–H groups in total. The van der Waals surface area contributed by atoms with Crippen molar-refractivity contribution in [1.29, 1.82) is 0 Å². The van der Waals surface area contributed by atoms with Crippen molar-refractivity contribution in [3.63, 3.8) is 0 Å². The number of fused-ring (bicyclic) bond motifs is 4. The summed E-state index contributed by atoms with van der Waals surface area (Å²) in [5.74, 6) is 1.77. The highest BCUT2D eigenvalue weighted by atomic mass is 32.1. The number of hydrogen-bond donors (Lipinski definition) is 0. The van der Waals surface area contributed by atoms with Gasteiger partial charge in [-0.3, -0.25) is 0 Å². The molecule has 2 aromatic heterocycles. The first-order valence-corrected chi connectivity index (χ1v) is 18.5. The van der Waals surface area contributed by atoms with Crippen molar-refractivity contribution in [1.82, 2.24) is 4.57 Å². The van der Waals surface area contributed by atoms with Crippen LogP contribution in [0.25, 0.3) is 53.9 Å². The molecule has 0 aliphatic heterocycles. The van der Waals surface area contributed by atoms with Crippen LogP contribution in [-0.2, 0) is 13.0 Å². The molecule has 2 heterocycles. The van der Waals surface area contributed by atoms with Gasteiger partial charge in [-0.2, -0.15) is 4.57 Å². The van der Waals surface area contributed by atoms with E-state index >= 15 is 0 Å². The van der Waals surface area contributed by atoms with Crippen LogP contribution in [0, 0.1) is 32.1 Å². The number of imidazole rings is 1. The molecule has 0 saturated carbocycles. The van der Waals surface area contributed by atoms with Gasteiger partial charge in [-0.05, 0) is 105 Å². The zero-order valence-electron chi connectivity index (χ0n) is 30.0. The van der Waals surface area contributed by atoms with Gasteiger partial charge in [0.25, 0.3) is 5.82 Å². The fourth-order valence-electron chi connectivity index (χ4n) is 7.90. The highest BCUT2D eigenvalue weighted by Gasteiger charge is 2.38. The third-order valence-corrected chi connectivity index (χ3v) is 11.7. The Hall–Kier alpha value is -4.21. The number of allylic oxidation sites excluding steroid dienone is 5. The van der Waals surface area contributed by atoms with E-state index in [9.17, 15) is 0 Å². The van der Waals surface area contributed by atoms with Crippen LogP contribution in [0.15, 0.2) is 97.1 Å². The monoisotopic (exact) mass is 649 g/mol. The van der Waals surface area contributed by atoms with Gasteiger partial charge < -0.3 is 0 Å². The molecular formula is C45H49N2S+. The summed E-state index contributed by atoms with van der Waals surface area (Å²) < 4.78 is 7.95. The molecule has 0 amide bonds. The summed E-state index contributed by atoms with van der Waals surface area (Å²) >= 11 is 1.97. The van der Waals surface area contributed by atoms with E-state index < -0.39 is 0 Å². The van der Waals surface area contributed by atoms with E-state index in [-0.39, 0.29) is 5.41 Å². The molecular weight excluding hydrogens is 601 g/mol. The van der Waals surface area contributed by atoms with Crippen LogP contribution in [0.4, 0.5) is 0 Å². The fraction of sp³-hybridized carbons (Fsp3) is 0.311. The number of aromatic nitrogens is 2. The number of nitrogens with zero attached hydrogens (tertiary/aromatic N) is 2. The van der Waals surface area contributed by atoms with Gasteiger partial charge in [0, 0.05) is 27.3 Å². The SMILES string of the molecule is C=C(CC(C)C)[n+]1c(-c2c(CCC)cc(C)c3c2sc2cc(C)c(C)cc23)n(CC2(C)C=C(c3ccccc3)C=C2C)c2ccccc21. The highest BCUT2D eigenvalue weighted by molar-refractivity contribution is 7.26. The zero-order chi connectivity index (χ0) is 33.9. The van der Waals surface area contributed by atoms with Crippen LogP contribution in [0.5, 0.6) is 0 Å². The van der Waals surface area contributed by atoms with E-state index in [0.29, 0.717) is 5.92 Å². The maximum absolute atomic E-state index is 4.80. The summed E-state index contributed by atoms with van der Waals surface area (Å²) in [7, 11) is 0. The van der Waals surface area contributed by atoms with Crippen molar-refractivity contribution in [2.24, 2.45) is 11.3 Å². The number of hydrogen-bond acceptors (Lipinski definition) is 1. The zero-order valence-corrected chi connectivity index (χ0v) is 30.8. The molecule has 4 aromatic carbocycles. The Labute approximate surface area is 290 Å². The molecule has 0 saturated heterocycles. The third-order valence-electron chi connectivity index (χ3n) is 10.6. The van der Waals surface area contributed by atoms with Gasteiger partial charge in [0.1, 0.15) is 12.2 Å². The van der Waals surface area contributed by atoms with E-state index in [1.165, 1.54) is 81.6 Å². The fourth-order valence-corrected chi connectivity index (χ4v) is 9.32. The smallest absolute Gasteiger partial charge is 0.221 e. The number of thiophene rings is 1. The third kappa shape index (κ3) is 5.37. The molecule has 0 radical (unpaired) electrons. The Morgan fingerprint density at radius 1 is 0.917 bits per heavy atom. The van der Waals surface area contributed by atoms with Crippen molar-refractivity contribution < 1.29 is 4.57 Å². The minimum Gasteiger partial charge on any atom is -0.221 e. The van der Waals surface area contributed by atoms with Gasteiger partial charge in [-0.15, -0.1) is 11.3 Å². The quantitative estimate of drug-likeness (QED) is 0.138. The first-order valence-electron chi connectivity index (χ1n) is 17.7. The van der Waals surface area contributed by atoms with Gasteiger partial charge in [-0.25, -0.2) is 4.57 Å². The van der Waals surface area contributed by atoms with Gasteiger partial charge in [0.2, 0.25) is 0 Å². The van der Waals surface area contributed by atoms with Gasteiger partial charge >= 0.3 is 0 Å². The Bertz CT molecular complexity index is 2290. The maximum atomic E-state index is 4.80. The predicted molar refractivity (Wildman–Crippen MR) is 210 cm³/mol. The first-order chi connectivity index (χ1) is 23.0. The van der Waals surface area contributed by atoms with Gasteiger partial charge in [0.15, 0.2) is 11.0 Å². The minimum absolute atomic E-state index is 0.151. The molecule has 0 spiro atoms. The van der Waals surface area contributed by atoms with Crippen molar-refractivity contribution in [3.05, 3.63) is 125 Å². The van der Waals surface area contributed by atoms with Crippen LogP contribution in [0.3, 0.4) is 0 Å². The molecule has 1 aliphatic rings. The van der Waals surface area contributed by atoms with E-state index in [1.54, 1.807) is 0 Å². The number of aryl methyl sites for hydroxylation is 4. The molecule has 0 fully saturated rings.